The van der Waals surface area contributed by atoms with Crippen molar-refractivity contribution in [2.45, 2.75) is 57.8 Å². The van der Waals surface area contributed by atoms with Crippen LogP contribution < -0.4 is 5.73 Å². The third-order valence-electron chi connectivity index (χ3n) is 3.50. The molecule has 0 aliphatic carbocycles. The van der Waals surface area contributed by atoms with Gasteiger partial charge in [0.15, 0.2) is 0 Å². The normalized spacial score (nSPS) is 15.8. The molecular formula is C17H29NO6. The predicted octanol–water partition coefficient (Wildman–Crippen LogP) is 0.834. The molecular weight excluding hydrogens is 314 g/mol. The fraction of sp³-hybridized carbons (Fsp3) is 0.647. The maximum absolute atomic E-state index is 11.3. The zero-order valence-electron chi connectivity index (χ0n) is 14.7. The first-order valence-electron chi connectivity index (χ1n) is 7.81. The maximum atomic E-state index is 11.3. The zero-order chi connectivity index (χ0) is 18.9. The lowest BCUT2D eigenvalue weighted by Gasteiger charge is -2.32. The third-order valence-corrected chi connectivity index (χ3v) is 3.50. The van der Waals surface area contributed by atoms with Crippen LogP contribution in [0, 0.1) is 0 Å². The first kappa shape index (κ1) is 22.3. The van der Waals surface area contributed by atoms with E-state index in [1.807, 2.05) is 6.92 Å². The molecule has 0 rings (SSSR count). The molecule has 2 atom stereocenters. The van der Waals surface area contributed by atoms with E-state index in [1.54, 1.807) is 0 Å². The molecule has 0 aromatic heterocycles. The number of hydrogen-bond donors (Lipinski definition) is 3. The molecule has 7 nitrogen and oxygen atoms in total. The standard InChI is InChI=1S/C17H29NO6/c1-6-17(18,7-13(19)9-23-15(21)11(2)3)8-14(20)10-24-16(22)12(4)5/h13-14,19-20H,2,4,6-10,18H2,1,3,5H3. The zero-order valence-corrected chi connectivity index (χ0v) is 14.7. The average molecular weight is 343 g/mol. The van der Waals surface area contributed by atoms with E-state index in [4.69, 9.17) is 15.2 Å². The van der Waals surface area contributed by atoms with Gasteiger partial charge in [-0.25, -0.2) is 9.59 Å². The van der Waals surface area contributed by atoms with E-state index in [9.17, 15) is 19.8 Å². The number of hydrogen-bond acceptors (Lipinski definition) is 7. The van der Waals surface area contributed by atoms with Gasteiger partial charge < -0.3 is 25.4 Å². The summed E-state index contributed by atoms with van der Waals surface area (Å²) in [4.78, 5) is 22.6. The molecule has 0 radical (unpaired) electrons. The number of carbonyl (C=O) groups excluding carboxylic acids is 2. The summed E-state index contributed by atoms with van der Waals surface area (Å²) in [6.07, 6.45) is -1.21. The Balaban J connectivity index is 4.45. The molecule has 2 unspecified atom stereocenters. The lowest BCUT2D eigenvalue weighted by Crippen LogP contribution is -2.47. The van der Waals surface area contributed by atoms with Crippen LogP contribution in [0.15, 0.2) is 24.3 Å². The number of carbonyl (C=O) groups is 2. The van der Waals surface area contributed by atoms with E-state index in [-0.39, 0.29) is 37.2 Å². The summed E-state index contributed by atoms with van der Waals surface area (Å²) in [5.74, 6) is -1.17. The SMILES string of the molecule is C=C(C)C(=O)OCC(O)CC(N)(CC)CC(O)COC(=O)C(=C)C. The number of rotatable bonds is 11. The fourth-order valence-corrected chi connectivity index (χ4v) is 2.02. The van der Waals surface area contributed by atoms with Crippen molar-refractivity contribution in [3.63, 3.8) is 0 Å². The van der Waals surface area contributed by atoms with Crippen LogP contribution in [0.2, 0.25) is 0 Å². The largest absolute Gasteiger partial charge is 0.460 e. The van der Waals surface area contributed by atoms with Gasteiger partial charge in [-0.3, -0.25) is 0 Å². The van der Waals surface area contributed by atoms with E-state index in [2.05, 4.69) is 13.2 Å². The maximum Gasteiger partial charge on any atom is 0.333 e. The average Bonchev–Trinajstić information content (AvgIpc) is 2.49. The minimum Gasteiger partial charge on any atom is -0.460 e. The molecule has 0 saturated heterocycles. The van der Waals surface area contributed by atoms with E-state index < -0.39 is 29.7 Å². The second-order valence-electron chi connectivity index (χ2n) is 6.19. The van der Waals surface area contributed by atoms with E-state index in [0.29, 0.717) is 6.42 Å². The van der Waals surface area contributed by atoms with Gasteiger partial charge in [-0.2, -0.15) is 0 Å². The van der Waals surface area contributed by atoms with Gasteiger partial charge in [-0.1, -0.05) is 20.1 Å². The monoisotopic (exact) mass is 343 g/mol. The van der Waals surface area contributed by atoms with Crippen LogP contribution in [0.5, 0.6) is 0 Å². The first-order valence-corrected chi connectivity index (χ1v) is 7.81. The Bertz CT molecular complexity index is 436. The van der Waals surface area contributed by atoms with Crippen LogP contribution in [-0.2, 0) is 19.1 Å². The van der Waals surface area contributed by atoms with Gasteiger partial charge in [-0.15, -0.1) is 0 Å². The van der Waals surface area contributed by atoms with Gasteiger partial charge in [-0.05, 0) is 33.1 Å². The summed E-state index contributed by atoms with van der Waals surface area (Å²) in [5, 5.41) is 20.0. The van der Waals surface area contributed by atoms with Gasteiger partial charge in [0.25, 0.3) is 0 Å². The molecule has 7 heteroatoms. The Labute approximate surface area is 143 Å². The molecule has 138 valence electrons. The molecule has 0 spiro atoms. The Morgan fingerprint density at radius 2 is 1.33 bits per heavy atom. The van der Waals surface area contributed by atoms with Crippen LogP contribution in [0.3, 0.4) is 0 Å². The minimum atomic E-state index is -0.969. The molecule has 24 heavy (non-hydrogen) atoms. The molecule has 0 bridgehead atoms. The second kappa shape index (κ2) is 10.2. The highest BCUT2D eigenvalue weighted by Gasteiger charge is 2.30. The summed E-state index contributed by atoms with van der Waals surface area (Å²) >= 11 is 0. The summed E-state index contributed by atoms with van der Waals surface area (Å²) in [5.41, 5.74) is 5.79. The Morgan fingerprint density at radius 1 is 1.00 bits per heavy atom. The van der Waals surface area contributed by atoms with Crippen molar-refractivity contribution in [2.24, 2.45) is 5.73 Å². The van der Waals surface area contributed by atoms with E-state index >= 15 is 0 Å². The van der Waals surface area contributed by atoms with Crippen LogP contribution in [-0.4, -0.2) is 53.1 Å². The molecule has 0 heterocycles. The van der Waals surface area contributed by atoms with Crippen molar-refractivity contribution < 1.29 is 29.3 Å². The van der Waals surface area contributed by atoms with Gasteiger partial charge in [0.1, 0.15) is 13.2 Å². The Morgan fingerprint density at radius 3 is 1.58 bits per heavy atom. The number of ether oxygens (including phenoxy) is 2. The Hall–Kier alpha value is -1.70. The summed E-state index contributed by atoms with van der Waals surface area (Å²) in [7, 11) is 0. The van der Waals surface area contributed by atoms with E-state index in [1.165, 1.54) is 13.8 Å². The molecule has 0 fully saturated rings. The number of nitrogens with two attached hydrogens (primary N) is 1. The van der Waals surface area contributed by atoms with Gasteiger partial charge in [0.2, 0.25) is 0 Å². The Kier molecular flexibility index (Phi) is 9.50. The molecule has 0 aromatic carbocycles. The van der Waals surface area contributed by atoms with Crippen molar-refractivity contribution >= 4 is 11.9 Å². The summed E-state index contributed by atoms with van der Waals surface area (Å²) in [6.45, 7) is 11.3. The summed E-state index contributed by atoms with van der Waals surface area (Å²) in [6, 6.07) is 0. The number of aliphatic hydroxyl groups excluding tert-OH is 2. The van der Waals surface area contributed by atoms with Gasteiger partial charge >= 0.3 is 11.9 Å². The van der Waals surface area contributed by atoms with E-state index in [0.717, 1.165) is 0 Å². The minimum absolute atomic E-state index is 0.123. The highest BCUT2D eigenvalue weighted by molar-refractivity contribution is 5.87. The van der Waals surface area contributed by atoms with Crippen LogP contribution in [0.1, 0.15) is 40.0 Å². The van der Waals surface area contributed by atoms with Crippen molar-refractivity contribution in [3.05, 3.63) is 24.3 Å². The van der Waals surface area contributed by atoms with Crippen LogP contribution in [0.4, 0.5) is 0 Å². The fourth-order valence-electron chi connectivity index (χ4n) is 2.02. The molecule has 0 amide bonds. The first-order chi connectivity index (χ1) is 11.0. The van der Waals surface area contributed by atoms with Crippen molar-refractivity contribution in [1.29, 1.82) is 0 Å². The molecule has 0 aliphatic heterocycles. The highest BCUT2D eigenvalue weighted by Crippen LogP contribution is 2.21. The topological polar surface area (TPSA) is 119 Å². The molecule has 0 aromatic rings. The van der Waals surface area contributed by atoms with Crippen LogP contribution in [0.25, 0.3) is 0 Å². The second-order valence-corrected chi connectivity index (χ2v) is 6.19. The quantitative estimate of drug-likeness (QED) is 0.375. The molecule has 0 saturated carbocycles. The van der Waals surface area contributed by atoms with Gasteiger partial charge in [0, 0.05) is 16.7 Å². The third kappa shape index (κ3) is 8.81. The van der Waals surface area contributed by atoms with Crippen molar-refractivity contribution in [3.8, 4) is 0 Å². The van der Waals surface area contributed by atoms with Crippen molar-refractivity contribution in [1.82, 2.24) is 0 Å². The molecule has 4 N–H and O–H groups in total. The summed E-state index contributed by atoms with van der Waals surface area (Å²) < 4.78 is 9.76. The number of esters is 2. The number of aliphatic hydroxyl groups is 2. The lowest BCUT2D eigenvalue weighted by atomic mass is 9.85. The lowest BCUT2D eigenvalue weighted by molar-refractivity contribution is -0.142. The van der Waals surface area contributed by atoms with Crippen LogP contribution >= 0.6 is 0 Å². The van der Waals surface area contributed by atoms with Gasteiger partial charge in [0.05, 0.1) is 12.2 Å². The highest BCUT2D eigenvalue weighted by atomic mass is 16.5. The van der Waals surface area contributed by atoms with Crippen molar-refractivity contribution in [2.75, 3.05) is 13.2 Å². The smallest absolute Gasteiger partial charge is 0.333 e. The predicted molar refractivity (Wildman–Crippen MR) is 90.0 cm³/mol. The molecule has 0 aliphatic rings.